The first-order valence-electron chi connectivity index (χ1n) is 12.1. The van der Waals surface area contributed by atoms with Crippen molar-refractivity contribution >= 4 is 11.7 Å². The van der Waals surface area contributed by atoms with E-state index < -0.39 is 0 Å². The van der Waals surface area contributed by atoms with Crippen LogP contribution in [0.3, 0.4) is 0 Å². The van der Waals surface area contributed by atoms with Crippen LogP contribution in [0.5, 0.6) is 23.0 Å². The average Bonchev–Trinajstić information content (AvgIpc) is 2.93. The summed E-state index contributed by atoms with van der Waals surface area (Å²) in [7, 11) is 3.21. The van der Waals surface area contributed by atoms with Gasteiger partial charge in [-0.3, -0.25) is 4.79 Å². The maximum Gasteiger partial charge on any atom is 0.254 e. The second kappa shape index (κ2) is 11.6. The van der Waals surface area contributed by atoms with Gasteiger partial charge in [-0.1, -0.05) is 0 Å². The molecule has 1 saturated heterocycles. The maximum absolute atomic E-state index is 13.1. The summed E-state index contributed by atoms with van der Waals surface area (Å²) in [5, 5.41) is 8.85. The van der Waals surface area contributed by atoms with Crippen LogP contribution in [0.15, 0.2) is 48.5 Å². The molecular weight excluding hydrogens is 460 g/mol. The third kappa shape index (κ3) is 5.45. The zero-order chi connectivity index (χ0) is 25.5. The summed E-state index contributed by atoms with van der Waals surface area (Å²) in [5.41, 5.74) is 2.23. The summed E-state index contributed by atoms with van der Waals surface area (Å²) in [4.78, 5) is 17.1. The number of carbonyl (C=O) groups excluding carboxylic acids is 1. The number of piperazine rings is 1. The third-order valence-electron chi connectivity index (χ3n) is 6.01. The summed E-state index contributed by atoms with van der Waals surface area (Å²) in [6.45, 7) is 7.39. The Morgan fingerprint density at radius 2 is 1.47 bits per heavy atom. The fourth-order valence-corrected chi connectivity index (χ4v) is 4.15. The van der Waals surface area contributed by atoms with E-state index in [-0.39, 0.29) is 5.91 Å². The minimum absolute atomic E-state index is 0.0199. The number of benzene rings is 2. The summed E-state index contributed by atoms with van der Waals surface area (Å²) >= 11 is 0. The Hall–Kier alpha value is -4.01. The van der Waals surface area contributed by atoms with E-state index in [4.69, 9.17) is 18.9 Å². The lowest BCUT2D eigenvalue weighted by Crippen LogP contribution is -2.49. The largest absolute Gasteiger partial charge is 0.493 e. The van der Waals surface area contributed by atoms with Gasteiger partial charge in [0.2, 0.25) is 0 Å². The molecule has 0 saturated carbocycles. The molecule has 4 rings (SSSR count). The molecule has 0 spiro atoms. The number of rotatable bonds is 9. The number of ether oxygens (including phenoxy) is 4. The number of methoxy groups -OCH3 is 2. The smallest absolute Gasteiger partial charge is 0.254 e. The molecule has 0 atom stereocenters. The molecule has 1 aromatic heterocycles. The van der Waals surface area contributed by atoms with E-state index in [2.05, 4.69) is 15.1 Å². The van der Waals surface area contributed by atoms with Crippen molar-refractivity contribution in [2.75, 3.05) is 58.5 Å². The highest BCUT2D eigenvalue weighted by Crippen LogP contribution is 2.32. The SMILES string of the molecule is CCOc1ccc(C(=O)N2CCN(c3ccc(-c4ccc(OC)c(OC)c4)nn3)CC2)cc1OCC. The Morgan fingerprint density at radius 1 is 0.778 bits per heavy atom. The summed E-state index contributed by atoms with van der Waals surface area (Å²) in [5.74, 6) is 3.31. The Labute approximate surface area is 211 Å². The van der Waals surface area contributed by atoms with Gasteiger partial charge in [0.15, 0.2) is 28.8 Å². The number of hydrogen-bond donors (Lipinski definition) is 0. The lowest BCUT2D eigenvalue weighted by Gasteiger charge is -2.35. The number of anilines is 1. The van der Waals surface area contributed by atoms with Crippen molar-refractivity contribution in [3.63, 3.8) is 0 Å². The molecule has 3 aromatic rings. The second-order valence-electron chi connectivity index (χ2n) is 8.15. The number of hydrogen-bond acceptors (Lipinski definition) is 8. The van der Waals surface area contributed by atoms with Crippen LogP contribution >= 0.6 is 0 Å². The molecular formula is C27H32N4O5. The van der Waals surface area contributed by atoms with E-state index >= 15 is 0 Å². The maximum atomic E-state index is 13.1. The van der Waals surface area contributed by atoms with E-state index in [9.17, 15) is 4.79 Å². The van der Waals surface area contributed by atoms with Gasteiger partial charge in [-0.05, 0) is 62.4 Å². The van der Waals surface area contributed by atoms with Gasteiger partial charge in [0, 0.05) is 37.3 Å². The molecule has 1 aliphatic heterocycles. The molecule has 36 heavy (non-hydrogen) atoms. The molecule has 9 nitrogen and oxygen atoms in total. The number of aromatic nitrogens is 2. The molecule has 2 heterocycles. The van der Waals surface area contributed by atoms with Gasteiger partial charge in [0.05, 0.1) is 33.1 Å². The van der Waals surface area contributed by atoms with Crippen LogP contribution in [0, 0.1) is 0 Å². The van der Waals surface area contributed by atoms with Gasteiger partial charge in [0.25, 0.3) is 5.91 Å². The van der Waals surface area contributed by atoms with Crippen molar-refractivity contribution < 1.29 is 23.7 Å². The molecule has 190 valence electrons. The average molecular weight is 493 g/mol. The van der Waals surface area contributed by atoms with Crippen LogP contribution in [0.1, 0.15) is 24.2 Å². The zero-order valence-corrected chi connectivity index (χ0v) is 21.2. The summed E-state index contributed by atoms with van der Waals surface area (Å²) < 4.78 is 22.0. The third-order valence-corrected chi connectivity index (χ3v) is 6.01. The molecule has 0 bridgehead atoms. The zero-order valence-electron chi connectivity index (χ0n) is 21.2. The van der Waals surface area contributed by atoms with Gasteiger partial charge in [0.1, 0.15) is 0 Å². The van der Waals surface area contributed by atoms with Crippen LogP contribution in [0.25, 0.3) is 11.3 Å². The Balaban J connectivity index is 1.40. The quantitative estimate of drug-likeness (QED) is 0.444. The fourth-order valence-electron chi connectivity index (χ4n) is 4.15. The Morgan fingerprint density at radius 3 is 2.11 bits per heavy atom. The van der Waals surface area contributed by atoms with Gasteiger partial charge >= 0.3 is 0 Å². The van der Waals surface area contributed by atoms with Crippen LogP contribution in [-0.4, -0.2) is 74.6 Å². The molecule has 0 N–H and O–H groups in total. The first-order valence-corrected chi connectivity index (χ1v) is 12.1. The standard InChI is InChI=1S/C27H32N4O5/c1-5-35-23-11-8-20(18-25(23)36-6-2)27(32)31-15-13-30(14-16-31)26-12-9-21(28-29-26)19-7-10-22(33-3)24(17-19)34-4/h7-12,17-18H,5-6,13-16H2,1-4H3. The highest BCUT2D eigenvalue weighted by molar-refractivity contribution is 5.95. The number of carbonyl (C=O) groups is 1. The topological polar surface area (TPSA) is 86.3 Å². The molecule has 0 radical (unpaired) electrons. The van der Waals surface area contributed by atoms with Crippen molar-refractivity contribution in [2.45, 2.75) is 13.8 Å². The first-order chi connectivity index (χ1) is 17.6. The van der Waals surface area contributed by atoms with Crippen LogP contribution in [0.2, 0.25) is 0 Å². The van der Waals surface area contributed by atoms with E-state index in [0.29, 0.717) is 68.0 Å². The van der Waals surface area contributed by atoms with Crippen molar-refractivity contribution in [2.24, 2.45) is 0 Å². The predicted molar refractivity (Wildman–Crippen MR) is 137 cm³/mol. The van der Waals surface area contributed by atoms with Crippen molar-refractivity contribution in [1.82, 2.24) is 15.1 Å². The van der Waals surface area contributed by atoms with E-state index in [0.717, 1.165) is 17.1 Å². The van der Waals surface area contributed by atoms with Crippen molar-refractivity contribution in [3.8, 4) is 34.3 Å². The lowest BCUT2D eigenvalue weighted by atomic mass is 10.1. The Kier molecular flexibility index (Phi) is 8.10. The first kappa shape index (κ1) is 25.1. The van der Waals surface area contributed by atoms with Crippen molar-refractivity contribution in [3.05, 3.63) is 54.1 Å². The molecule has 0 aliphatic carbocycles. The van der Waals surface area contributed by atoms with Gasteiger partial charge < -0.3 is 28.7 Å². The van der Waals surface area contributed by atoms with E-state index in [1.165, 1.54) is 0 Å². The van der Waals surface area contributed by atoms with Gasteiger partial charge in [-0.2, -0.15) is 0 Å². The normalized spacial score (nSPS) is 13.3. The molecule has 1 amide bonds. The molecule has 2 aromatic carbocycles. The fraction of sp³-hybridized carbons (Fsp3) is 0.370. The molecule has 1 fully saturated rings. The van der Waals surface area contributed by atoms with E-state index in [1.807, 2.05) is 49.1 Å². The monoisotopic (exact) mass is 492 g/mol. The van der Waals surface area contributed by atoms with Crippen LogP contribution in [-0.2, 0) is 0 Å². The minimum atomic E-state index is -0.0199. The van der Waals surface area contributed by atoms with Crippen LogP contribution in [0.4, 0.5) is 5.82 Å². The van der Waals surface area contributed by atoms with E-state index in [1.54, 1.807) is 32.4 Å². The van der Waals surface area contributed by atoms with Crippen LogP contribution < -0.4 is 23.8 Å². The Bertz CT molecular complexity index is 1180. The number of nitrogens with zero attached hydrogens (tertiary/aromatic N) is 4. The highest BCUT2D eigenvalue weighted by atomic mass is 16.5. The molecule has 1 aliphatic rings. The minimum Gasteiger partial charge on any atom is -0.493 e. The van der Waals surface area contributed by atoms with Crippen molar-refractivity contribution in [1.29, 1.82) is 0 Å². The highest BCUT2D eigenvalue weighted by Gasteiger charge is 2.24. The second-order valence-corrected chi connectivity index (χ2v) is 8.15. The summed E-state index contributed by atoms with van der Waals surface area (Å²) in [6.07, 6.45) is 0. The lowest BCUT2D eigenvalue weighted by molar-refractivity contribution is 0.0746. The molecule has 9 heteroatoms. The van der Waals surface area contributed by atoms with Gasteiger partial charge in [-0.25, -0.2) is 0 Å². The predicted octanol–water partition coefficient (Wildman–Crippen LogP) is 3.92. The summed E-state index contributed by atoms with van der Waals surface area (Å²) in [6, 6.07) is 14.9. The number of amides is 1. The molecule has 0 unspecified atom stereocenters. The van der Waals surface area contributed by atoms with Gasteiger partial charge in [-0.15, -0.1) is 10.2 Å².